The molecule has 0 aromatic rings. The van der Waals surface area contributed by atoms with Crippen molar-refractivity contribution in [2.45, 2.75) is 226 Å². The highest BCUT2D eigenvalue weighted by Gasteiger charge is 2.71. The van der Waals surface area contributed by atoms with E-state index < -0.39 is 154 Å². The fraction of sp³-hybridized carbons (Fsp3) is 1.00. The van der Waals surface area contributed by atoms with Gasteiger partial charge in [0.2, 0.25) is 5.79 Å². The lowest BCUT2D eigenvalue weighted by atomic mass is 9.43. The summed E-state index contributed by atoms with van der Waals surface area (Å²) < 4.78 is 57.0. The lowest BCUT2D eigenvalue weighted by molar-refractivity contribution is -0.480. The summed E-state index contributed by atoms with van der Waals surface area (Å²) in [6, 6.07) is 0. The predicted octanol–water partition coefficient (Wildman–Crippen LogP) is -3.36. The zero-order valence-electron chi connectivity index (χ0n) is 42.0. The molecule has 23 heteroatoms. The van der Waals surface area contributed by atoms with Crippen LogP contribution in [-0.4, -0.2) is 232 Å². The van der Waals surface area contributed by atoms with Crippen molar-refractivity contribution in [1.29, 1.82) is 0 Å². The SMILES string of the molecule is C[C@@H]1CCC2(OC1)O[C@H]1CC3C4CCC5CC(C6(O[C@@H]7O[C@H](CO)[C@@H](O)[C@H](O)[C@H]7O)O[C@@H](O)[C@H](O)[C@H](O[C@@H]7O[C@H](CO)[C@@H](O)[C@H](O)[C@H]7O)[C@H]6O[C@@H]6O[C@H](CO)[C@@H](O)[C@H](O)[C@H]6O)CC[C@]5(C)C4CC[C@]3(C)[C@H]1[C@@H]2C. The standard InChI is InChI=1S/C50H82O23/c1-19-7-12-49(65-18-19)20(2)30-26(71-49)14-25-23-6-5-21-13-22(8-10-47(21,3)24(23)9-11-48(25,30)4)50(73-46-39(62)36(59)33(56)29(17-53)68-46)42(70-45-38(61)35(58)32(55)28(16-52)67-45)41(40(63)43(64)72-50)69-44-37(60)34(57)31(54)27(15-51)66-44/h19-46,51-64H,5-18H2,1-4H3/t19-,20+,21?,22?,23?,24?,25?,26+,27-,28-,29-,30+,31-,32-,33-,34+,35+,36+,37-,38-,39-,40-,41+,42-,43-,44+,45+,46+,47+,48+,49?,50?/m1/s1. The number of hydrogen-bond donors (Lipinski definition) is 14. The van der Waals surface area contributed by atoms with Crippen molar-refractivity contribution in [3.05, 3.63) is 0 Å². The first kappa shape index (κ1) is 55.4. The molecule has 0 amide bonds. The van der Waals surface area contributed by atoms with E-state index in [1.807, 2.05) is 0 Å². The van der Waals surface area contributed by atoms with Crippen LogP contribution in [0.4, 0.5) is 0 Å². The second kappa shape index (κ2) is 20.6. The lowest BCUT2D eigenvalue weighted by Gasteiger charge is -2.63. The molecule has 10 rings (SSSR count). The molecule has 6 aliphatic heterocycles. The maximum Gasteiger partial charge on any atom is 0.206 e. The van der Waals surface area contributed by atoms with E-state index in [4.69, 9.17) is 42.6 Å². The van der Waals surface area contributed by atoms with Crippen molar-refractivity contribution in [2.24, 2.45) is 58.2 Å². The van der Waals surface area contributed by atoms with Crippen LogP contribution in [0.1, 0.15) is 91.9 Å². The van der Waals surface area contributed by atoms with Gasteiger partial charge in [-0.05, 0) is 104 Å². The number of rotatable bonds is 10. The first-order valence-corrected chi connectivity index (χ1v) is 26.8. The lowest BCUT2D eigenvalue weighted by Crippen LogP contribution is -2.74. The molecule has 32 atom stereocenters. The van der Waals surface area contributed by atoms with E-state index in [1.165, 1.54) is 0 Å². The van der Waals surface area contributed by atoms with Crippen LogP contribution in [0.5, 0.6) is 0 Å². The van der Waals surface area contributed by atoms with E-state index in [9.17, 15) is 71.5 Å². The van der Waals surface area contributed by atoms with Gasteiger partial charge < -0.3 is 114 Å². The Kier molecular flexibility index (Phi) is 15.7. The van der Waals surface area contributed by atoms with Gasteiger partial charge in [-0.2, -0.15) is 0 Å². The van der Waals surface area contributed by atoms with Gasteiger partial charge >= 0.3 is 0 Å². The zero-order valence-corrected chi connectivity index (χ0v) is 42.0. The van der Waals surface area contributed by atoms with Crippen molar-refractivity contribution in [2.75, 3.05) is 26.4 Å². The molecule has 6 heterocycles. The van der Waals surface area contributed by atoms with Crippen LogP contribution in [0.15, 0.2) is 0 Å². The summed E-state index contributed by atoms with van der Waals surface area (Å²) in [5.74, 6) is -1.90. The Balaban J connectivity index is 1.00. The van der Waals surface area contributed by atoms with Gasteiger partial charge in [0.05, 0.1) is 32.5 Å². The van der Waals surface area contributed by atoms with E-state index in [0.717, 1.165) is 44.9 Å². The molecule has 10 fully saturated rings. The molecule has 0 radical (unpaired) electrons. The van der Waals surface area contributed by atoms with Gasteiger partial charge in [-0.25, -0.2) is 0 Å². The van der Waals surface area contributed by atoms with Crippen LogP contribution < -0.4 is 0 Å². The summed E-state index contributed by atoms with van der Waals surface area (Å²) in [6.45, 7) is 7.40. The Morgan fingerprint density at radius 2 is 1.08 bits per heavy atom. The molecule has 1 spiro atoms. The summed E-state index contributed by atoms with van der Waals surface area (Å²) in [7, 11) is 0. The Bertz CT molecular complexity index is 1890. The summed E-state index contributed by atoms with van der Waals surface area (Å²) in [5.41, 5.74) is -0.214. The van der Waals surface area contributed by atoms with Crippen molar-refractivity contribution >= 4 is 0 Å². The molecule has 4 aliphatic carbocycles. The Morgan fingerprint density at radius 3 is 1.66 bits per heavy atom. The van der Waals surface area contributed by atoms with E-state index >= 15 is 0 Å². The average molecular weight is 1050 g/mol. The van der Waals surface area contributed by atoms with Crippen molar-refractivity contribution in [1.82, 2.24) is 0 Å². The van der Waals surface area contributed by atoms with E-state index in [1.54, 1.807) is 0 Å². The number of hydrogen-bond acceptors (Lipinski definition) is 23. The smallest absolute Gasteiger partial charge is 0.206 e. The summed E-state index contributed by atoms with van der Waals surface area (Å²) >= 11 is 0. The van der Waals surface area contributed by atoms with E-state index in [-0.39, 0.29) is 41.6 Å². The molecular formula is C50H82O23. The molecule has 14 N–H and O–H groups in total. The van der Waals surface area contributed by atoms with Crippen LogP contribution >= 0.6 is 0 Å². The zero-order chi connectivity index (χ0) is 52.4. The molecule has 0 aromatic heterocycles. The third kappa shape index (κ3) is 8.91. The van der Waals surface area contributed by atoms with Crippen LogP contribution in [0, 0.1) is 58.2 Å². The molecular weight excluding hydrogens is 969 g/mol. The first-order chi connectivity index (χ1) is 34.6. The van der Waals surface area contributed by atoms with Gasteiger partial charge in [-0.1, -0.05) is 27.7 Å². The molecule has 7 unspecified atom stereocenters. The third-order valence-corrected chi connectivity index (χ3v) is 20.5. The van der Waals surface area contributed by atoms with Gasteiger partial charge in [0.1, 0.15) is 91.6 Å². The number of ether oxygens (including phenoxy) is 9. The molecule has 4 saturated carbocycles. The van der Waals surface area contributed by atoms with Gasteiger partial charge in [0, 0.05) is 18.3 Å². The van der Waals surface area contributed by atoms with Crippen LogP contribution in [0.3, 0.4) is 0 Å². The van der Waals surface area contributed by atoms with E-state index in [0.29, 0.717) is 42.6 Å². The topological polar surface area (TPSA) is 366 Å². The monoisotopic (exact) mass is 1050 g/mol. The van der Waals surface area contributed by atoms with Gasteiger partial charge in [0.15, 0.2) is 30.9 Å². The van der Waals surface area contributed by atoms with Crippen LogP contribution in [-0.2, 0) is 42.6 Å². The fourth-order valence-electron chi connectivity index (χ4n) is 16.4. The van der Waals surface area contributed by atoms with Gasteiger partial charge in [-0.15, -0.1) is 0 Å². The van der Waals surface area contributed by atoms with Crippen molar-refractivity contribution < 1.29 is 114 Å². The minimum absolute atomic E-state index is 0.0444. The minimum atomic E-state index is -2.54. The number of aliphatic hydroxyl groups is 14. The normalized spacial score (nSPS) is 59.3. The molecule has 0 bridgehead atoms. The Hall–Kier alpha value is -0.920. The molecule has 420 valence electrons. The second-order valence-corrected chi connectivity index (χ2v) is 24.2. The fourth-order valence-corrected chi connectivity index (χ4v) is 16.4. The Labute approximate surface area is 424 Å². The highest BCUT2D eigenvalue weighted by molar-refractivity contribution is 5.16. The maximum atomic E-state index is 11.9. The summed E-state index contributed by atoms with van der Waals surface area (Å²) in [6.07, 6.45) is -29.1. The molecule has 73 heavy (non-hydrogen) atoms. The minimum Gasteiger partial charge on any atom is -0.394 e. The molecule has 10 aliphatic rings. The number of aliphatic hydroxyl groups excluding tert-OH is 14. The second-order valence-electron chi connectivity index (χ2n) is 24.2. The Morgan fingerprint density at radius 1 is 0.521 bits per heavy atom. The largest absolute Gasteiger partial charge is 0.394 e. The van der Waals surface area contributed by atoms with Gasteiger partial charge in [-0.3, -0.25) is 0 Å². The molecule has 0 aromatic carbocycles. The van der Waals surface area contributed by atoms with Gasteiger partial charge in [0.25, 0.3) is 0 Å². The van der Waals surface area contributed by atoms with Crippen molar-refractivity contribution in [3.63, 3.8) is 0 Å². The maximum absolute atomic E-state index is 11.9. The van der Waals surface area contributed by atoms with Crippen LogP contribution in [0.25, 0.3) is 0 Å². The van der Waals surface area contributed by atoms with Crippen LogP contribution in [0.2, 0.25) is 0 Å². The number of fused-ring (bicyclic) bond motifs is 7. The quantitative estimate of drug-likeness (QED) is 0.102. The van der Waals surface area contributed by atoms with Crippen molar-refractivity contribution in [3.8, 4) is 0 Å². The predicted molar refractivity (Wildman–Crippen MR) is 243 cm³/mol. The highest BCUT2D eigenvalue weighted by atomic mass is 16.8. The summed E-state index contributed by atoms with van der Waals surface area (Å²) in [4.78, 5) is 0. The first-order valence-electron chi connectivity index (χ1n) is 26.8. The average Bonchev–Trinajstić information content (AvgIpc) is 3.83. The molecule has 23 nitrogen and oxygen atoms in total. The third-order valence-electron chi connectivity index (χ3n) is 20.5. The molecule has 6 saturated heterocycles. The highest BCUT2D eigenvalue weighted by Crippen LogP contribution is 2.72. The summed E-state index contributed by atoms with van der Waals surface area (Å²) in [5, 5.41) is 154. The van der Waals surface area contributed by atoms with E-state index in [2.05, 4.69) is 27.7 Å².